The van der Waals surface area contributed by atoms with Gasteiger partial charge in [-0.25, -0.2) is 4.39 Å². The van der Waals surface area contributed by atoms with Crippen molar-refractivity contribution in [3.05, 3.63) is 70.6 Å². The molecule has 0 aliphatic carbocycles. The van der Waals surface area contributed by atoms with E-state index in [1.54, 1.807) is 12.3 Å². The summed E-state index contributed by atoms with van der Waals surface area (Å²) in [6.07, 6.45) is 1.78. The molecular weight excluding hydrogens is 319 g/mol. The Morgan fingerprint density at radius 1 is 1.10 bits per heavy atom. The van der Waals surface area contributed by atoms with Crippen LogP contribution in [0.5, 0.6) is 0 Å². The molecule has 0 fully saturated rings. The molecule has 3 aromatic rings. The van der Waals surface area contributed by atoms with Crippen LogP contribution in [0.3, 0.4) is 0 Å². The van der Waals surface area contributed by atoms with Crippen LogP contribution in [0.1, 0.15) is 5.56 Å². The van der Waals surface area contributed by atoms with Crippen molar-refractivity contribution < 1.29 is 4.39 Å². The van der Waals surface area contributed by atoms with E-state index in [-0.39, 0.29) is 5.82 Å². The molecule has 0 aliphatic heterocycles. The number of pyridine rings is 1. The number of hydrogen-bond acceptors (Lipinski definition) is 2. The second-order valence-electron chi connectivity index (χ2n) is 4.47. The van der Waals surface area contributed by atoms with E-state index in [1.807, 2.05) is 30.3 Å². The highest BCUT2D eigenvalue weighted by Crippen LogP contribution is 2.25. The van der Waals surface area contributed by atoms with Crippen LogP contribution >= 0.6 is 15.9 Å². The first-order valence-corrected chi connectivity index (χ1v) is 7.05. The molecule has 0 aliphatic rings. The zero-order valence-corrected chi connectivity index (χ0v) is 12.2. The minimum absolute atomic E-state index is 0.242. The quantitative estimate of drug-likeness (QED) is 0.749. The van der Waals surface area contributed by atoms with Gasteiger partial charge in [-0.3, -0.25) is 4.98 Å². The van der Waals surface area contributed by atoms with Crippen molar-refractivity contribution in [2.24, 2.45) is 0 Å². The highest BCUT2D eigenvalue weighted by molar-refractivity contribution is 9.10. The molecule has 0 radical (unpaired) electrons. The average molecular weight is 331 g/mol. The first kappa shape index (κ1) is 13.1. The molecule has 1 aromatic heterocycles. The van der Waals surface area contributed by atoms with Gasteiger partial charge in [0.05, 0.1) is 5.52 Å². The fraction of sp³-hybridized carbons (Fsp3) is 0.0625. The largest absolute Gasteiger partial charge is 0.381 e. The van der Waals surface area contributed by atoms with E-state index in [2.05, 4.69) is 26.2 Å². The summed E-state index contributed by atoms with van der Waals surface area (Å²) in [5, 5.41) is 4.29. The Balaban J connectivity index is 1.90. The maximum Gasteiger partial charge on any atom is 0.125 e. The minimum Gasteiger partial charge on any atom is -0.381 e. The molecule has 0 amide bonds. The van der Waals surface area contributed by atoms with Crippen molar-refractivity contribution in [3.63, 3.8) is 0 Å². The average Bonchev–Trinajstić information content (AvgIpc) is 2.47. The summed E-state index contributed by atoms with van der Waals surface area (Å²) < 4.78 is 14.2. The summed E-state index contributed by atoms with van der Waals surface area (Å²) in [5.74, 6) is -0.242. The lowest BCUT2D eigenvalue weighted by Crippen LogP contribution is -2.01. The van der Waals surface area contributed by atoms with Crippen molar-refractivity contribution in [1.29, 1.82) is 0 Å². The Morgan fingerprint density at radius 3 is 2.85 bits per heavy atom. The van der Waals surface area contributed by atoms with Gasteiger partial charge < -0.3 is 5.32 Å². The molecule has 0 saturated carbocycles. The highest BCUT2D eigenvalue weighted by atomic mass is 79.9. The summed E-state index contributed by atoms with van der Waals surface area (Å²) in [6.45, 7) is 0.601. The number of benzene rings is 2. The number of aromatic nitrogens is 1. The molecule has 1 heterocycles. The molecule has 0 saturated heterocycles. The van der Waals surface area contributed by atoms with E-state index in [9.17, 15) is 4.39 Å². The molecule has 1 N–H and O–H groups in total. The van der Waals surface area contributed by atoms with Gasteiger partial charge in [-0.2, -0.15) is 0 Å². The van der Waals surface area contributed by atoms with Crippen molar-refractivity contribution in [1.82, 2.24) is 4.98 Å². The van der Waals surface area contributed by atoms with Crippen molar-refractivity contribution in [3.8, 4) is 0 Å². The number of halogens is 2. The summed E-state index contributed by atoms with van der Waals surface area (Å²) >= 11 is 3.53. The van der Waals surface area contributed by atoms with E-state index >= 15 is 0 Å². The maximum absolute atomic E-state index is 13.1. The van der Waals surface area contributed by atoms with Crippen LogP contribution in [0, 0.1) is 5.82 Å². The van der Waals surface area contributed by atoms with Gasteiger partial charge >= 0.3 is 0 Å². The van der Waals surface area contributed by atoms with Gasteiger partial charge in [0.1, 0.15) is 5.82 Å². The molecule has 20 heavy (non-hydrogen) atoms. The van der Waals surface area contributed by atoms with Crippen LogP contribution in [-0.2, 0) is 6.54 Å². The SMILES string of the molecule is Fc1cccc(NCc2ccc(Br)c3cccnc23)c1. The lowest BCUT2D eigenvalue weighted by Gasteiger charge is -2.10. The minimum atomic E-state index is -0.242. The van der Waals surface area contributed by atoms with Gasteiger partial charge in [-0.1, -0.05) is 34.1 Å². The Hall–Kier alpha value is -1.94. The molecular formula is C16H12BrFN2. The Bertz CT molecular complexity index is 758. The fourth-order valence-corrected chi connectivity index (χ4v) is 2.59. The van der Waals surface area contributed by atoms with Crippen LogP contribution in [0.25, 0.3) is 10.9 Å². The predicted octanol–water partition coefficient (Wildman–Crippen LogP) is 4.75. The number of nitrogens with one attached hydrogen (secondary N) is 1. The smallest absolute Gasteiger partial charge is 0.125 e. The maximum atomic E-state index is 13.1. The van der Waals surface area contributed by atoms with E-state index in [4.69, 9.17) is 0 Å². The van der Waals surface area contributed by atoms with Gasteiger partial charge in [0.15, 0.2) is 0 Å². The molecule has 0 bridgehead atoms. The first-order valence-electron chi connectivity index (χ1n) is 6.25. The van der Waals surface area contributed by atoms with E-state index in [0.717, 1.165) is 26.6 Å². The molecule has 0 unspecified atom stereocenters. The second kappa shape index (κ2) is 5.59. The zero-order valence-electron chi connectivity index (χ0n) is 10.6. The number of nitrogens with zero attached hydrogens (tertiary/aromatic N) is 1. The molecule has 4 heteroatoms. The summed E-state index contributed by atoms with van der Waals surface area (Å²) in [6, 6.07) is 14.4. The van der Waals surface area contributed by atoms with Gasteiger partial charge in [-0.15, -0.1) is 0 Å². The number of rotatable bonds is 3. The fourth-order valence-electron chi connectivity index (χ4n) is 2.13. The number of hydrogen-bond donors (Lipinski definition) is 1. The van der Waals surface area contributed by atoms with Crippen molar-refractivity contribution in [2.75, 3.05) is 5.32 Å². The second-order valence-corrected chi connectivity index (χ2v) is 5.32. The summed E-state index contributed by atoms with van der Waals surface area (Å²) in [7, 11) is 0. The normalized spacial score (nSPS) is 10.7. The third kappa shape index (κ3) is 2.65. The van der Waals surface area contributed by atoms with Crippen LogP contribution in [-0.4, -0.2) is 4.98 Å². The predicted molar refractivity (Wildman–Crippen MR) is 83.2 cm³/mol. The monoisotopic (exact) mass is 330 g/mol. The van der Waals surface area contributed by atoms with Crippen molar-refractivity contribution >= 4 is 32.5 Å². The zero-order chi connectivity index (χ0) is 13.9. The van der Waals surface area contributed by atoms with Gasteiger partial charge in [0.25, 0.3) is 0 Å². The molecule has 100 valence electrons. The molecule has 0 spiro atoms. The van der Waals surface area contributed by atoms with Crippen LogP contribution in [0.2, 0.25) is 0 Å². The molecule has 3 rings (SSSR count). The molecule has 0 atom stereocenters. The summed E-state index contributed by atoms with van der Waals surface area (Å²) in [5.41, 5.74) is 2.79. The van der Waals surface area contributed by atoms with Gasteiger partial charge in [-0.05, 0) is 35.9 Å². The highest BCUT2D eigenvalue weighted by Gasteiger charge is 2.05. The third-order valence-corrected chi connectivity index (χ3v) is 3.80. The lowest BCUT2D eigenvalue weighted by molar-refractivity contribution is 0.628. The van der Waals surface area contributed by atoms with E-state index in [0.29, 0.717) is 6.54 Å². The Kier molecular flexibility index (Phi) is 3.65. The van der Waals surface area contributed by atoms with Crippen LogP contribution in [0.4, 0.5) is 10.1 Å². The van der Waals surface area contributed by atoms with Gasteiger partial charge in [0, 0.05) is 28.3 Å². The topological polar surface area (TPSA) is 24.9 Å². The lowest BCUT2D eigenvalue weighted by atomic mass is 10.1. The van der Waals surface area contributed by atoms with Crippen LogP contribution < -0.4 is 5.32 Å². The Labute approximate surface area is 124 Å². The van der Waals surface area contributed by atoms with Crippen LogP contribution in [0.15, 0.2) is 59.2 Å². The van der Waals surface area contributed by atoms with E-state index in [1.165, 1.54) is 12.1 Å². The molecule has 2 aromatic carbocycles. The van der Waals surface area contributed by atoms with E-state index < -0.39 is 0 Å². The first-order chi connectivity index (χ1) is 9.74. The van der Waals surface area contributed by atoms with Gasteiger partial charge in [0.2, 0.25) is 0 Å². The molecule has 2 nitrogen and oxygen atoms in total. The number of fused-ring (bicyclic) bond motifs is 1. The summed E-state index contributed by atoms with van der Waals surface area (Å²) in [4.78, 5) is 4.43. The standard InChI is InChI=1S/C16H12BrFN2/c17-15-7-6-11(16-14(15)5-2-8-19-16)10-20-13-4-1-3-12(18)9-13/h1-9,20H,10H2. The Morgan fingerprint density at radius 2 is 2.00 bits per heavy atom. The third-order valence-electron chi connectivity index (χ3n) is 3.11. The number of anilines is 1. The van der Waals surface area contributed by atoms with Crippen molar-refractivity contribution in [2.45, 2.75) is 6.54 Å².